The smallest absolute Gasteiger partial charge is 0.0847 e. The maximum atomic E-state index is 5.41. The normalized spacial score (nSPS) is 46.0. The molecule has 2 rings (SSSR count). The first kappa shape index (κ1) is 5.72. The first-order chi connectivity index (χ1) is 4.17. The minimum absolute atomic E-state index is 0.567. The Bertz CT molecular complexity index is 129. The van der Waals surface area contributed by atoms with E-state index < -0.39 is 0 Å². The van der Waals surface area contributed by atoms with Crippen LogP contribution in [-0.2, 0) is 4.74 Å². The van der Waals surface area contributed by atoms with Crippen molar-refractivity contribution in [3.8, 4) is 0 Å². The Balaban J connectivity index is 2.01. The second kappa shape index (κ2) is 1.51. The third-order valence-corrected chi connectivity index (χ3v) is 2.55. The lowest BCUT2D eigenvalue weighted by Crippen LogP contribution is -2.20. The summed E-state index contributed by atoms with van der Waals surface area (Å²) < 4.78 is 5.41. The van der Waals surface area contributed by atoms with Gasteiger partial charge in [-0.1, -0.05) is 13.8 Å². The first-order valence-electron chi connectivity index (χ1n) is 3.83. The third kappa shape index (κ3) is 0.983. The molecule has 1 aliphatic carbocycles. The van der Waals surface area contributed by atoms with Gasteiger partial charge in [0.1, 0.15) is 0 Å². The average Bonchev–Trinajstić information content (AvgIpc) is 2.41. The molecular formula is C8H14O. The zero-order valence-corrected chi connectivity index (χ0v) is 6.18. The van der Waals surface area contributed by atoms with Crippen molar-refractivity contribution in [3.05, 3.63) is 0 Å². The number of fused-ring (bicyclic) bond motifs is 1. The van der Waals surface area contributed by atoms with Crippen LogP contribution in [0.25, 0.3) is 0 Å². The molecule has 1 saturated carbocycles. The highest BCUT2D eigenvalue weighted by atomic mass is 16.6. The van der Waals surface area contributed by atoms with E-state index in [0.29, 0.717) is 17.6 Å². The molecule has 0 spiro atoms. The summed E-state index contributed by atoms with van der Waals surface area (Å²) in [5.41, 5.74) is 0.567. The van der Waals surface area contributed by atoms with Gasteiger partial charge in [0, 0.05) is 0 Å². The van der Waals surface area contributed by atoms with Gasteiger partial charge in [0.15, 0.2) is 0 Å². The molecule has 9 heavy (non-hydrogen) atoms. The topological polar surface area (TPSA) is 12.5 Å². The lowest BCUT2D eigenvalue weighted by molar-refractivity contribution is 0.264. The van der Waals surface area contributed by atoms with E-state index in [2.05, 4.69) is 13.8 Å². The van der Waals surface area contributed by atoms with Gasteiger partial charge >= 0.3 is 0 Å². The first-order valence-corrected chi connectivity index (χ1v) is 3.83. The summed E-state index contributed by atoms with van der Waals surface area (Å²) in [5, 5.41) is 0. The van der Waals surface area contributed by atoms with Gasteiger partial charge in [-0.15, -0.1) is 0 Å². The van der Waals surface area contributed by atoms with Crippen LogP contribution in [0.15, 0.2) is 0 Å². The summed E-state index contributed by atoms with van der Waals surface area (Å²) >= 11 is 0. The summed E-state index contributed by atoms with van der Waals surface area (Å²) in [6.45, 7) is 4.68. The number of hydrogen-bond donors (Lipinski definition) is 0. The van der Waals surface area contributed by atoms with Crippen molar-refractivity contribution in [2.75, 3.05) is 0 Å². The van der Waals surface area contributed by atoms with Gasteiger partial charge in [-0.05, 0) is 24.7 Å². The van der Waals surface area contributed by atoms with E-state index in [0.717, 1.165) is 0 Å². The molecule has 1 heteroatoms. The minimum atomic E-state index is 0.567. The van der Waals surface area contributed by atoms with E-state index in [1.54, 1.807) is 0 Å². The van der Waals surface area contributed by atoms with Crippen molar-refractivity contribution in [1.29, 1.82) is 0 Å². The van der Waals surface area contributed by atoms with Crippen LogP contribution in [0.4, 0.5) is 0 Å². The van der Waals surface area contributed by atoms with Crippen LogP contribution < -0.4 is 0 Å². The summed E-state index contributed by atoms with van der Waals surface area (Å²) in [4.78, 5) is 0. The van der Waals surface area contributed by atoms with Crippen molar-refractivity contribution in [2.45, 2.75) is 45.3 Å². The van der Waals surface area contributed by atoms with Crippen molar-refractivity contribution < 1.29 is 4.74 Å². The monoisotopic (exact) mass is 126 g/mol. The number of rotatable bonds is 0. The third-order valence-electron chi connectivity index (χ3n) is 2.55. The second-order valence-electron chi connectivity index (χ2n) is 4.12. The molecule has 0 aromatic rings. The van der Waals surface area contributed by atoms with E-state index in [1.807, 2.05) is 0 Å². The molecule has 0 N–H and O–H groups in total. The minimum Gasteiger partial charge on any atom is -0.370 e. The Morgan fingerprint density at radius 1 is 1.33 bits per heavy atom. The van der Waals surface area contributed by atoms with Crippen molar-refractivity contribution >= 4 is 0 Å². The summed E-state index contributed by atoms with van der Waals surface area (Å²) in [6.07, 6.45) is 5.26. The van der Waals surface area contributed by atoms with E-state index >= 15 is 0 Å². The summed E-state index contributed by atoms with van der Waals surface area (Å²) in [7, 11) is 0. The molecule has 2 fully saturated rings. The molecule has 0 unspecified atom stereocenters. The zero-order valence-electron chi connectivity index (χ0n) is 6.18. The fraction of sp³-hybridized carbons (Fsp3) is 1.00. The molecule has 52 valence electrons. The molecule has 1 heterocycles. The molecular weight excluding hydrogens is 112 g/mol. The molecule has 0 bridgehead atoms. The Morgan fingerprint density at radius 3 is 2.67 bits per heavy atom. The molecule has 1 nitrogen and oxygen atoms in total. The standard InChI is InChI=1S/C8H14O/c1-8(2)4-3-6-7(5-8)9-6/h6-7H,3-5H2,1-2H3/t6-,7+/m0/s1. The van der Waals surface area contributed by atoms with E-state index in [9.17, 15) is 0 Å². The molecule has 1 saturated heterocycles. The zero-order chi connectivity index (χ0) is 6.48. The quantitative estimate of drug-likeness (QED) is 0.452. The summed E-state index contributed by atoms with van der Waals surface area (Å²) in [5.74, 6) is 0. The van der Waals surface area contributed by atoms with Gasteiger partial charge in [-0.2, -0.15) is 0 Å². The lowest BCUT2D eigenvalue weighted by Gasteiger charge is -2.26. The molecule has 0 aromatic heterocycles. The predicted molar refractivity (Wildman–Crippen MR) is 36.3 cm³/mol. The number of hydrogen-bond acceptors (Lipinski definition) is 1. The predicted octanol–water partition coefficient (Wildman–Crippen LogP) is 1.96. The molecule has 0 aromatic carbocycles. The van der Waals surface area contributed by atoms with Crippen molar-refractivity contribution in [3.63, 3.8) is 0 Å². The fourth-order valence-electron chi connectivity index (χ4n) is 1.79. The molecule has 2 atom stereocenters. The van der Waals surface area contributed by atoms with Gasteiger partial charge in [0.05, 0.1) is 12.2 Å². The molecule has 1 aliphatic heterocycles. The maximum Gasteiger partial charge on any atom is 0.0847 e. The Hall–Kier alpha value is -0.0400. The van der Waals surface area contributed by atoms with Crippen LogP contribution in [0.1, 0.15) is 33.1 Å². The largest absolute Gasteiger partial charge is 0.370 e. The van der Waals surface area contributed by atoms with Crippen LogP contribution in [0, 0.1) is 5.41 Å². The van der Waals surface area contributed by atoms with Gasteiger partial charge in [0.25, 0.3) is 0 Å². The van der Waals surface area contributed by atoms with Crippen LogP contribution in [0.3, 0.4) is 0 Å². The fourth-order valence-corrected chi connectivity index (χ4v) is 1.79. The number of epoxide rings is 1. The summed E-state index contributed by atoms with van der Waals surface area (Å²) in [6, 6.07) is 0. The van der Waals surface area contributed by atoms with Gasteiger partial charge in [0.2, 0.25) is 0 Å². The molecule has 0 radical (unpaired) electrons. The molecule has 0 amide bonds. The van der Waals surface area contributed by atoms with Crippen LogP contribution in [0.2, 0.25) is 0 Å². The van der Waals surface area contributed by atoms with Crippen LogP contribution >= 0.6 is 0 Å². The lowest BCUT2D eigenvalue weighted by atomic mass is 9.78. The van der Waals surface area contributed by atoms with Gasteiger partial charge in [-0.3, -0.25) is 0 Å². The van der Waals surface area contributed by atoms with Gasteiger partial charge in [-0.25, -0.2) is 0 Å². The SMILES string of the molecule is CC1(C)CC[C@@H]2O[C@@H]2C1. The highest BCUT2D eigenvalue weighted by Gasteiger charge is 2.46. The maximum absolute atomic E-state index is 5.41. The van der Waals surface area contributed by atoms with Crippen molar-refractivity contribution in [2.24, 2.45) is 5.41 Å². The number of ether oxygens (including phenoxy) is 1. The van der Waals surface area contributed by atoms with Gasteiger partial charge < -0.3 is 4.74 Å². The Kier molecular flexibility index (Phi) is 0.963. The highest BCUT2D eigenvalue weighted by molar-refractivity contribution is 4.95. The molecule has 2 aliphatic rings. The Morgan fingerprint density at radius 2 is 2.11 bits per heavy atom. The highest BCUT2D eigenvalue weighted by Crippen LogP contribution is 2.45. The Labute approximate surface area is 56.4 Å². The van der Waals surface area contributed by atoms with E-state index in [1.165, 1.54) is 19.3 Å². The van der Waals surface area contributed by atoms with Crippen LogP contribution in [-0.4, -0.2) is 12.2 Å². The van der Waals surface area contributed by atoms with E-state index in [-0.39, 0.29) is 0 Å². The second-order valence-corrected chi connectivity index (χ2v) is 4.12. The average molecular weight is 126 g/mol. The van der Waals surface area contributed by atoms with E-state index in [4.69, 9.17) is 4.74 Å². The van der Waals surface area contributed by atoms with Crippen LogP contribution in [0.5, 0.6) is 0 Å². The van der Waals surface area contributed by atoms with Crippen molar-refractivity contribution in [1.82, 2.24) is 0 Å².